The van der Waals surface area contributed by atoms with Crippen molar-refractivity contribution in [3.63, 3.8) is 0 Å². The van der Waals surface area contributed by atoms with Gasteiger partial charge in [0.1, 0.15) is 0 Å². The monoisotopic (exact) mass is 307 g/mol. The molecule has 0 unspecified atom stereocenters. The molecule has 0 spiro atoms. The standard InChI is InChI=1S/C15H18ClN3O2/c1-3-14-13(9-16)15(4-2)18(17-14)10-11-5-7-12(8-6-11)19(20)21/h5-8H,3-4,9-10H2,1-2H3. The van der Waals surface area contributed by atoms with Gasteiger partial charge in [-0.05, 0) is 18.4 Å². The van der Waals surface area contributed by atoms with Gasteiger partial charge in [-0.25, -0.2) is 0 Å². The molecule has 2 rings (SSSR count). The van der Waals surface area contributed by atoms with Gasteiger partial charge in [0.25, 0.3) is 5.69 Å². The molecular weight excluding hydrogens is 290 g/mol. The largest absolute Gasteiger partial charge is 0.269 e. The van der Waals surface area contributed by atoms with Crippen molar-refractivity contribution in [2.75, 3.05) is 0 Å². The van der Waals surface area contributed by atoms with Gasteiger partial charge in [-0.2, -0.15) is 5.10 Å². The maximum atomic E-state index is 10.7. The number of benzene rings is 1. The molecule has 21 heavy (non-hydrogen) atoms. The zero-order valence-electron chi connectivity index (χ0n) is 12.2. The van der Waals surface area contributed by atoms with E-state index in [-0.39, 0.29) is 5.69 Å². The van der Waals surface area contributed by atoms with Gasteiger partial charge in [-0.1, -0.05) is 26.0 Å². The van der Waals surface area contributed by atoms with Crippen molar-refractivity contribution in [2.45, 2.75) is 39.1 Å². The van der Waals surface area contributed by atoms with E-state index in [1.165, 1.54) is 12.1 Å². The highest BCUT2D eigenvalue weighted by Gasteiger charge is 2.15. The predicted molar refractivity (Wildman–Crippen MR) is 82.7 cm³/mol. The third-order valence-corrected chi connectivity index (χ3v) is 3.80. The van der Waals surface area contributed by atoms with Crippen molar-refractivity contribution in [2.24, 2.45) is 0 Å². The van der Waals surface area contributed by atoms with E-state index in [0.29, 0.717) is 12.4 Å². The number of nitrogens with zero attached hydrogens (tertiary/aromatic N) is 3. The van der Waals surface area contributed by atoms with E-state index in [1.807, 2.05) is 4.68 Å². The Labute approximate surface area is 128 Å². The number of halogens is 1. The molecule has 0 saturated heterocycles. The van der Waals surface area contributed by atoms with Crippen molar-refractivity contribution in [1.29, 1.82) is 0 Å². The maximum Gasteiger partial charge on any atom is 0.269 e. The molecule has 0 atom stereocenters. The molecule has 0 aliphatic rings. The smallest absolute Gasteiger partial charge is 0.265 e. The topological polar surface area (TPSA) is 61.0 Å². The summed E-state index contributed by atoms with van der Waals surface area (Å²) >= 11 is 6.04. The number of hydrogen-bond acceptors (Lipinski definition) is 3. The molecule has 0 radical (unpaired) electrons. The van der Waals surface area contributed by atoms with Crippen molar-refractivity contribution in [1.82, 2.24) is 9.78 Å². The third kappa shape index (κ3) is 3.24. The molecule has 0 saturated carbocycles. The first-order chi connectivity index (χ1) is 10.1. The second-order valence-electron chi connectivity index (χ2n) is 4.79. The minimum Gasteiger partial charge on any atom is -0.265 e. The quantitative estimate of drug-likeness (QED) is 0.464. The molecule has 0 fully saturated rings. The van der Waals surface area contributed by atoms with Gasteiger partial charge in [0.05, 0.1) is 23.0 Å². The van der Waals surface area contributed by atoms with E-state index in [9.17, 15) is 10.1 Å². The molecule has 0 aliphatic carbocycles. The average molecular weight is 308 g/mol. The molecule has 0 N–H and O–H groups in total. The van der Waals surface area contributed by atoms with E-state index in [1.54, 1.807) is 12.1 Å². The third-order valence-electron chi connectivity index (χ3n) is 3.53. The van der Waals surface area contributed by atoms with E-state index < -0.39 is 4.92 Å². The van der Waals surface area contributed by atoms with Crippen LogP contribution in [0.2, 0.25) is 0 Å². The lowest BCUT2D eigenvalue weighted by Crippen LogP contribution is -2.06. The van der Waals surface area contributed by atoms with E-state index in [0.717, 1.165) is 35.4 Å². The number of rotatable bonds is 6. The molecule has 1 heterocycles. The number of nitro groups is 1. The summed E-state index contributed by atoms with van der Waals surface area (Å²) in [6, 6.07) is 6.58. The molecule has 0 bridgehead atoms. The van der Waals surface area contributed by atoms with Crippen LogP contribution in [0.3, 0.4) is 0 Å². The van der Waals surface area contributed by atoms with Gasteiger partial charge in [-0.15, -0.1) is 11.6 Å². The van der Waals surface area contributed by atoms with Gasteiger partial charge in [0.15, 0.2) is 0 Å². The molecule has 2 aromatic rings. The Morgan fingerprint density at radius 3 is 2.38 bits per heavy atom. The van der Waals surface area contributed by atoms with Crippen molar-refractivity contribution in [3.05, 3.63) is 56.9 Å². The van der Waals surface area contributed by atoms with Crippen LogP contribution in [0.5, 0.6) is 0 Å². The average Bonchev–Trinajstić information content (AvgIpc) is 2.84. The number of non-ortho nitro benzene ring substituents is 1. The molecule has 0 amide bonds. The zero-order chi connectivity index (χ0) is 15.4. The van der Waals surface area contributed by atoms with Crippen molar-refractivity contribution >= 4 is 17.3 Å². The second kappa shape index (κ2) is 6.72. The number of aryl methyl sites for hydroxylation is 1. The highest BCUT2D eigenvalue weighted by molar-refractivity contribution is 6.17. The van der Waals surface area contributed by atoms with Crippen LogP contribution in [0.15, 0.2) is 24.3 Å². The summed E-state index contributed by atoms with van der Waals surface area (Å²) in [6.07, 6.45) is 1.71. The minimum atomic E-state index is -0.393. The maximum absolute atomic E-state index is 10.7. The van der Waals surface area contributed by atoms with Crippen LogP contribution >= 0.6 is 11.6 Å². The molecule has 0 aliphatic heterocycles. The highest BCUT2D eigenvalue weighted by atomic mass is 35.5. The van der Waals surface area contributed by atoms with Crippen LogP contribution in [-0.2, 0) is 25.3 Å². The highest BCUT2D eigenvalue weighted by Crippen LogP contribution is 2.20. The summed E-state index contributed by atoms with van der Waals surface area (Å²) in [5.41, 5.74) is 4.37. The van der Waals surface area contributed by atoms with Crippen LogP contribution in [0.1, 0.15) is 36.4 Å². The fourth-order valence-electron chi connectivity index (χ4n) is 2.45. The van der Waals surface area contributed by atoms with Gasteiger partial charge < -0.3 is 0 Å². The van der Waals surface area contributed by atoms with E-state index in [4.69, 9.17) is 11.6 Å². The molecule has 6 heteroatoms. The Bertz CT molecular complexity index is 635. The summed E-state index contributed by atoms with van der Waals surface area (Å²) in [7, 11) is 0. The summed E-state index contributed by atoms with van der Waals surface area (Å²) in [6.45, 7) is 4.75. The summed E-state index contributed by atoms with van der Waals surface area (Å²) in [5.74, 6) is 0.465. The first kappa shape index (κ1) is 15.5. The Morgan fingerprint density at radius 1 is 1.24 bits per heavy atom. The van der Waals surface area contributed by atoms with E-state index >= 15 is 0 Å². The van der Waals surface area contributed by atoms with Crippen molar-refractivity contribution in [3.8, 4) is 0 Å². The zero-order valence-corrected chi connectivity index (χ0v) is 12.9. The van der Waals surface area contributed by atoms with E-state index in [2.05, 4.69) is 18.9 Å². The second-order valence-corrected chi connectivity index (χ2v) is 5.06. The number of alkyl halides is 1. The minimum absolute atomic E-state index is 0.102. The van der Waals surface area contributed by atoms with Crippen LogP contribution in [0.25, 0.3) is 0 Å². The lowest BCUT2D eigenvalue weighted by atomic mass is 10.1. The first-order valence-corrected chi connectivity index (χ1v) is 7.50. The Balaban J connectivity index is 2.30. The summed E-state index contributed by atoms with van der Waals surface area (Å²) in [5, 5.41) is 15.3. The van der Waals surface area contributed by atoms with Gasteiger partial charge in [0.2, 0.25) is 0 Å². The van der Waals surface area contributed by atoms with Crippen molar-refractivity contribution < 1.29 is 4.92 Å². The predicted octanol–water partition coefficient (Wildman–Crippen LogP) is 3.70. The molecule has 112 valence electrons. The Morgan fingerprint density at radius 2 is 1.90 bits per heavy atom. The fraction of sp³-hybridized carbons (Fsp3) is 0.400. The summed E-state index contributed by atoms with van der Waals surface area (Å²) in [4.78, 5) is 10.3. The van der Waals surface area contributed by atoms with Crippen LogP contribution in [-0.4, -0.2) is 14.7 Å². The lowest BCUT2D eigenvalue weighted by Gasteiger charge is -2.07. The molecular formula is C15H18ClN3O2. The lowest BCUT2D eigenvalue weighted by molar-refractivity contribution is -0.384. The Kier molecular flexibility index (Phi) is 4.96. The van der Waals surface area contributed by atoms with Crippen LogP contribution in [0.4, 0.5) is 5.69 Å². The fourth-order valence-corrected chi connectivity index (χ4v) is 2.76. The van der Waals surface area contributed by atoms with Gasteiger partial charge in [0, 0.05) is 23.4 Å². The van der Waals surface area contributed by atoms with Gasteiger partial charge >= 0.3 is 0 Å². The SMILES string of the molecule is CCc1nn(Cc2ccc([N+](=O)[O-])cc2)c(CC)c1CCl. The van der Waals surface area contributed by atoms with Gasteiger partial charge in [-0.3, -0.25) is 14.8 Å². The first-order valence-electron chi connectivity index (χ1n) is 6.97. The molecule has 1 aromatic carbocycles. The molecule has 1 aromatic heterocycles. The number of aromatic nitrogens is 2. The van der Waals surface area contributed by atoms with Crippen LogP contribution < -0.4 is 0 Å². The summed E-state index contributed by atoms with van der Waals surface area (Å²) < 4.78 is 1.96. The Hall–Kier alpha value is -1.88. The molecule has 5 nitrogen and oxygen atoms in total. The van der Waals surface area contributed by atoms with Crippen LogP contribution in [0, 0.1) is 10.1 Å². The normalized spacial score (nSPS) is 10.8. The number of hydrogen-bond donors (Lipinski definition) is 0. The number of nitro benzene ring substituents is 1.